The molecule has 0 bridgehead atoms. The molecule has 1 aliphatic heterocycles. The smallest absolute Gasteiger partial charge is 0.159 e. The number of aryl methyl sites for hydroxylation is 1. The van der Waals surface area contributed by atoms with Gasteiger partial charge in [-0.3, -0.25) is 0 Å². The Balaban J connectivity index is 2.31. The number of nitrogens with zero attached hydrogens (tertiary/aromatic N) is 2. The Morgan fingerprint density at radius 3 is 2.94 bits per heavy atom. The summed E-state index contributed by atoms with van der Waals surface area (Å²) >= 11 is 3.43. The average Bonchev–Trinajstić information content (AvgIpc) is 2.78. The van der Waals surface area contributed by atoms with Crippen LogP contribution >= 0.6 is 15.9 Å². The Morgan fingerprint density at radius 2 is 2.31 bits per heavy atom. The van der Waals surface area contributed by atoms with Gasteiger partial charge in [0.2, 0.25) is 0 Å². The van der Waals surface area contributed by atoms with Gasteiger partial charge in [-0.1, -0.05) is 13.3 Å². The number of nitrogens with two attached hydrogens (primary N) is 1. The molecule has 1 atom stereocenters. The van der Waals surface area contributed by atoms with Crippen LogP contribution in [0.1, 0.15) is 43.8 Å². The van der Waals surface area contributed by atoms with Crippen molar-refractivity contribution in [2.45, 2.75) is 38.7 Å². The lowest BCUT2D eigenvalue weighted by Gasteiger charge is -2.12. The van der Waals surface area contributed by atoms with Crippen LogP contribution in [0.15, 0.2) is 4.47 Å². The Kier molecular flexibility index (Phi) is 3.76. The van der Waals surface area contributed by atoms with Crippen LogP contribution < -0.4 is 5.73 Å². The van der Waals surface area contributed by atoms with Crippen LogP contribution in [-0.2, 0) is 11.2 Å². The van der Waals surface area contributed by atoms with Crippen LogP contribution in [0.5, 0.6) is 0 Å². The largest absolute Gasteiger partial charge is 0.383 e. The van der Waals surface area contributed by atoms with Gasteiger partial charge in [0.25, 0.3) is 0 Å². The summed E-state index contributed by atoms with van der Waals surface area (Å²) in [5.74, 6) is 1.26. The third-order valence-electron chi connectivity index (χ3n) is 2.67. The van der Waals surface area contributed by atoms with E-state index >= 15 is 0 Å². The molecular weight excluding hydrogens is 270 g/mol. The monoisotopic (exact) mass is 285 g/mol. The second-order valence-electron chi connectivity index (χ2n) is 3.98. The van der Waals surface area contributed by atoms with Crippen LogP contribution in [-0.4, -0.2) is 16.6 Å². The molecule has 1 unspecified atom stereocenters. The maximum Gasteiger partial charge on any atom is 0.159 e. The van der Waals surface area contributed by atoms with Gasteiger partial charge in [0, 0.05) is 6.61 Å². The van der Waals surface area contributed by atoms with Gasteiger partial charge in [0.05, 0.1) is 10.2 Å². The molecule has 0 saturated carbocycles. The fourth-order valence-electron chi connectivity index (χ4n) is 1.86. The number of aromatic nitrogens is 2. The predicted molar refractivity (Wildman–Crippen MR) is 66.1 cm³/mol. The van der Waals surface area contributed by atoms with Gasteiger partial charge in [-0.15, -0.1) is 0 Å². The van der Waals surface area contributed by atoms with Crippen molar-refractivity contribution in [3.05, 3.63) is 16.0 Å². The Morgan fingerprint density at radius 1 is 1.50 bits per heavy atom. The third-order valence-corrected chi connectivity index (χ3v) is 3.53. The van der Waals surface area contributed by atoms with Crippen molar-refractivity contribution >= 4 is 21.7 Å². The lowest BCUT2D eigenvalue weighted by Crippen LogP contribution is -2.09. The summed E-state index contributed by atoms with van der Waals surface area (Å²) in [5.41, 5.74) is 6.85. The fraction of sp³-hybridized carbons (Fsp3) is 0.636. The number of hydrogen-bond donors (Lipinski definition) is 1. The van der Waals surface area contributed by atoms with Gasteiger partial charge in [0.15, 0.2) is 5.82 Å². The molecular formula is C11H16BrN3O. The number of nitrogen functional groups attached to an aromatic ring is 1. The van der Waals surface area contributed by atoms with Crippen molar-refractivity contribution in [3.8, 4) is 0 Å². The van der Waals surface area contributed by atoms with Gasteiger partial charge in [-0.2, -0.15) is 0 Å². The maximum absolute atomic E-state index is 5.87. The standard InChI is InChI=1S/C11H16BrN3O/c1-2-4-7-9(12)10(13)15-11(14-7)8-5-3-6-16-8/h8H,2-6H2,1H3,(H2,13,14,15). The third kappa shape index (κ3) is 2.35. The van der Waals surface area contributed by atoms with Crippen molar-refractivity contribution in [1.29, 1.82) is 0 Å². The molecule has 0 aromatic carbocycles. The van der Waals surface area contributed by atoms with Crippen LogP contribution in [0.2, 0.25) is 0 Å². The Labute approximate surface area is 104 Å². The summed E-state index contributed by atoms with van der Waals surface area (Å²) in [6.45, 7) is 2.92. The topological polar surface area (TPSA) is 61.0 Å². The second kappa shape index (κ2) is 5.10. The first-order valence-electron chi connectivity index (χ1n) is 5.65. The highest BCUT2D eigenvalue weighted by atomic mass is 79.9. The van der Waals surface area contributed by atoms with Crippen molar-refractivity contribution < 1.29 is 4.74 Å². The minimum absolute atomic E-state index is 0.0333. The molecule has 16 heavy (non-hydrogen) atoms. The Bertz CT molecular complexity index is 378. The molecule has 2 N–H and O–H groups in total. The molecule has 0 spiro atoms. The number of anilines is 1. The molecule has 2 rings (SSSR count). The van der Waals surface area contributed by atoms with Gasteiger partial charge < -0.3 is 10.5 Å². The van der Waals surface area contributed by atoms with E-state index in [0.717, 1.165) is 48.3 Å². The van der Waals surface area contributed by atoms with Crippen molar-refractivity contribution in [1.82, 2.24) is 9.97 Å². The molecule has 1 fully saturated rings. The van der Waals surface area contributed by atoms with E-state index in [1.807, 2.05) is 0 Å². The molecule has 0 aliphatic carbocycles. The summed E-state index contributed by atoms with van der Waals surface area (Å²) in [5, 5.41) is 0. The quantitative estimate of drug-likeness (QED) is 0.927. The molecule has 1 saturated heterocycles. The van der Waals surface area contributed by atoms with Gasteiger partial charge in [-0.25, -0.2) is 9.97 Å². The van der Waals surface area contributed by atoms with Crippen molar-refractivity contribution in [3.63, 3.8) is 0 Å². The lowest BCUT2D eigenvalue weighted by molar-refractivity contribution is 0.105. The highest BCUT2D eigenvalue weighted by molar-refractivity contribution is 9.10. The minimum atomic E-state index is 0.0333. The summed E-state index contributed by atoms with van der Waals surface area (Å²) < 4.78 is 6.40. The normalized spacial score (nSPS) is 20.2. The van der Waals surface area contributed by atoms with Gasteiger partial charge in [-0.05, 0) is 35.2 Å². The van der Waals surface area contributed by atoms with E-state index in [9.17, 15) is 0 Å². The highest BCUT2D eigenvalue weighted by Gasteiger charge is 2.22. The second-order valence-corrected chi connectivity index (χ2v) is 4.77. The lowest BCUT2D eigenvalue weighted by atomic mass is 10.2. The van der Waals surface area contributed by atoms with Crippen LogP contribution in [0.25, 0.3) is 0 Å². The molecule has 0 radical (unpaired) electrons. The summed E-state index contributed by atoms with van der Waals surface area (Å²) in [6.07, 6.45) is 4.05. The zero-order valence-electron chi connectivity index (χ0n) is 9.37. The molecule has 1 aliphatic rings. The van der Waals surface area contributed by atoms with Gasteiger partial charge in [0.1, 0.15) is 11.9 Å². The predicted octanol–water partition coefficient (Wildman–Crippen LogP) is 2.63. The average molecular weight is 286 g/mol. The molecule has 2 heterocycles. The number of halogens is 1. The Hall–Kier alpha value is -0.680. The van der Waals surface area contributed by atoms with Crippen LogP contribution in [0.4, 0.5) is 5.82 Å². The first-order valence-corrected chi connectivity index (χ1v) is 6.45. The molecule has 1 aromatic heterocycles. The summed E-state index contributed by atoms with van der Waals surface area (Å²) in [4.78, 5) is 8.83. The number of hydrogen-bond acceptors (Lipinski definition) is 4. The van der Waals surface area contributed by atoms with E-state index < -0.39 is 0 Å². The molecule has 1 aromatic rings. The van der Waals surface area contributed by atoms with Crippen LogP contribution in [0.3, 0.4) is 0 Å². The molecule has 88 valence electrons. The zero-order chi connectivity index (χ0) is 11.5. The first kappa shape index (κ1) is 11.8. The van der Waals surface area contributed by atoms with E-state index in [0.29, 0.717) is 5.82 Å². The van der Waals surface area contributed by atoms with E-state index in [2.05, 4.69) is 32.8 Å². The summed E-state index contributed by atoms with van der Waals surface area (Å²) in [6, 6.07) is 0. The first-order chi connectivity index (χ1) is 7.72. The van der Waals surface area contributed by atoms with E-state index in [-0.39, 0.29) is 6.10 Å². The fourth-order valence-corrected chi connectivity index (χ4v) is 2.24. The van der Waals surface area contributed by atoms with Crippen molar-refractivity contribution in [2.24, 2.45) is 0 Å². The highest BCUT2D eigenvalue weighted by Crippen LogP contribution is 2.29. The summed E-state index contributed by atoms with van der Waals surface area (Å²) in [7, 11) is 0. The number of rotatable bonds is 3. The van der Waals surface area contributed by atoms with E-state index in [4.69, 9.17) is 10.5 Å². The minimum Gasteiger partial charge on any atom is -0.383 e. The zero-order valence-corrected chi connectivity index (χ0v) is 11.0. The molecule has 0 amide bonds. The number of ether oxygens (including phenoxy) is 1. The molecule has 5 heteroatoms. The molecule has 4 nitrogen and oxygen atoms in total. The van der Waals surface area contributed by atoms with E-state index in [1.165, 1.54) is 0 Å². The van der Waals surface area contributed by atoms with Crippen LogP contribution in [0, 0.1) is 0 Å². The van der Waals surface area contributed by atoms with Crippen molar-refractivity contribution in [2.75, 3.05) is 12.3 Å². The SMILES string of the molecule is CCCc1nc(C2CCCO2)nc(N)c1Br. The van der Waals surface area contributed by atoms with E-state index in [1.54, 1.807) is 0 Å². The maximum atomic E-state index is 5.87. The van der Waals surface area contributed by atoms with Gasteiger partial charge >= 0.3 is 0 Å².